The molecule has 0 saturated carbocycles. The molecule has 0 unspecified atom stereocenters. The van der Waals surface area contributed by atoms with Gasteiger partial charge in [0.1, 0.15) is 5.82 Å². The van der Waals surface area contributed by atoms with Crippen molar-refractivity contribution in [2.24, 2.45) is 0 Å². The summed E-state index contributed by atoms with van der Waals surface area (Å²) in [5.74, 6) is -2.35. The molecule has 0 bridgehead atoms. The summed E-state index contributed by atoms with van der Waals surface area (Å²) in [6.45, 7) is 1.06. The van der Waals surface area contributed by atoms with Crippen LogP contribution in [0.1, 0.15) is 23.6 Å². The number of amides is 2. The fourth-order valence-corrected chi connectivity index (χ4v) is 2.89. The van der Waals surface area contributed by atoms with Gasteiger partial charge in [-0.15, -0.1) is 0 Å². The SMILES string of the molecule is CC(=O)N1C(=O)C(=Cc2cccc(Cl)c2F)c2ccc(C(F)(F)F)cc21. The molecule has 3 nitrogen and oxygen atoms in total. The Bertz CT molecular complexity index is 966. The Morgan fingerprint density at radius 2 is 1.88 bits per heavy atom. The maximum atomic E-state index is 14.1. The second-order valence-electron chi connectivity index (χ2n) is 5.59. The third kappa shape index (κ3) is 2.99. The van der Waals surface area contributed by atoms with Crippen LogP contribution in [0, 0.1) is 5.82 Å². The zero-order chi connectivity index (χ0) is 19.2. The van der Waals surface area contributed by atoms with Gasteiger partial charge in [0.25, 0.3) is 5.91 Å². The average molecular weight is 384 g/mol. The number of benzene rings is 2. The Balaban J connectivity index is 2.22. The van der Waals surface area contributed by atoms with Gasteiger partial charge in [-0.2, -0.15) is 13.2 Å². The van der Waals surface area contributed by atoms with Crippen LogP contribution in [0.25, 0.3) is 11.6 Å². The second kappa shape index (κ2) is 6.25. The Kier molecular flexibility index (Phi) is 4.36. The first-order chi connectivity index (χ1) is 12.1. The van der Waals surface area contributed by atoms with E-state index in [1.807, 2.05) is 0 Å². The van der Waals surface area contributed by atoms with Crippen molar-refractivity contribution in [3.63, 3.8) is 0 Å². The topological polar surface area (TPSA) is 37.4 Å². The highest BCUT2D eigenvalue weighted by Gasteiger charge is 2.38. The molecule has 1 aliphatic heterocycles. The third-order valence-corrected chi connectivity index (χ3v) is 4.18. The molecule has 0 N–H and O–H groups in total. The number of hydrogen-bond acceptors (Lipinski definition) is 2. The molecule has 0 spiro atoms. The Morgan fingerprint density at radius 1 is 1.19 bits per heavy atom. The molecular weight excluding hydrogens is 374 g/mol. The van der Waals surface area contributed by atoms with Gasteiger partial charge in [-0.1, -0.05) is 29.8 Å². The van der Waals surface area contributed by atoms with Gasteiger partial charge >= 0.3 is 6.18 Å². The van der Waals surface area contributed by atoms with Gasteiger partial charge < -0.3 is 0 Å². The van der Waals surface area contributed by atoms with Crippen molar-refractivity contribution in [2.75, 3.05) is 4.90 Å². The molecule has 0 fully saturated rings. The van der Waals surface area contributed by atoms with Crippen molar-refractivity contribution in [2.45, 2.75) is 13.1 Å². The first-order valence-electron chi connectivity index (χ1n) is 7.33. The molecule has 2 aromatic carbocycles. The van der Waals surface area contributed by atoms with E-state index in [0.717, 1.165) is 25.1 Å². The molecule has 0 aliphatic carbocycles. The Labute approximate surface area is 150 Å². The lowest BCUT2D eigenvalue weighted by atomic mass is 10.0. The van der Waals surface area contributed by atoms with E-state index in [2.05, 4.69) is 0 Å². The minimum absolute atomic E-state index is 0.0166. The highest BCUT2D eigenvalue weighted by Crippen LogP contribution is 2.42. The third-order valence-electron chi connectivity index (χ3n) is 3.89. The molecule has 0 aromatic heterocycles. The molecule has 134 valence electrons. The number of rotatable bonds is 1. The summed E-state index contributed by atoms with van der Waals surface area (Å²) in [6, 6.07) is 6.77. The fourth-order valence-electron chi connectivity index (χ4n) is 2.71. The lowest BCUT2D eigenvalue weighted by Crippen LogP contribution is -2.31. The molecular formula is C18H10ClF4NO2. The Morgan fingerprint density at radius 3 is 2.50 bits per heavy atom. The van der Waals surface area contributed by atoms with Crippen molar-refractivity contribution in [3.05, 3.63) is 63.9 Å². The number of imide groups is 1. The summed E-state index contributed by atoms with van der Waals surface area (Å²) in [7, 11) is 0. The van der Waals surface area contributed by atoms with Gasteiger partial charge in [-0.3, -0.25) is 9.59 Å². The van der Waals surface area contributed by atoms with Crippen molar-refractivity contribution < 1.29 is 27.2 Å². The molecule has 8 heteroatoms. The first-order valence-corrected chi connectivity index (χ1v) is 7.71. The molecule has 1 aliphatic rings. The Hall–Kier alpha value is -2.67. The number of nitrogens with zero attached hydrogens (tertiary/aromatic N) is 1. The smallest absolute Gasteiger partial charge is 0.274 e. The predicted octanol–water partition coefficient (Wildman–Crippen LogP) is 4.93. The van der Waals surface area contributed by atoms with Crippen molar-refractivity contribution >= 4 is 40.8 Å². The summed E-state index contributed by atoms with van der Waals surface area (Å²) in [5.41, 5.74) is -1.18. The van der Waals surface area contributed by atoms with Gasteiger partial charge in [0.2, 0.25) is 5.91 Å². The van der Waals surface area contributed by atoms with Crippen LogP contribution < -0.4 is 4.90 Å². The van der Waals surface area contributed by atoms with Crippen LogP contribution in [0.15, 0.2) is 36.4 Å². The number of carbonyl (C=O) groups is 2. The van der Waals surface area contributed by atoms with E-state index in [1.165, 1.54) is 24.3 Å². The molecule has 0 radical (unpaired) electrons. The molecule has 0 atom stereocenters. The van der Waals surface area contributed by atoms with Crippen LogP contribution in [-0.4, -0.2) is 11.8 Å². The van der Waals surface area contributed by atoms with E-state index in [4.69, 9.17) is 11.6 Å². The number of fused-ring (bicyclic) bond motifs is 1. The standard InChI is InChI=1S/C18H10ClF4NO2/c1-9(25)24-15-8-11(18(21,22)23)5-6-12(15)13(17(24)26)7-10-3-2-4-14(19)16(10)20/h2-8H,1H3. The lowest BCUT2D eigenvalue weighted by Gasteiger charge is -2.14. The van der Waals surface area contributed by atoms with Crippen molar-refractivity contribution in [3.8, 4) is 0 Å². The lowest BCUT2D eigenvalue weighted by molar-refractivity contribution is -0.137. The van der Waals surface area contributed by atoms with Crippen molar-refractivity contribution in [1.82, 2.24) is 0 Å². The maximum absolute atomic E-state index is 14.1. The van der Waals surface area contributed by atoms with Crippen LogP contribution >= 0.6 is 11.6 Å². The van der Waals surface area contributed by atoms with Gasteiger partial charge in [-0.05, 0) is 24.3 Å². The molecule has 3 rings (SSSR count). The molecule has 2 aromatic rings. The van der Waals surface area contributed by atoms with Crippen LogP contribution in [0.2, 0.25) is 5.02 Å². The summed E-state index contributed by atoms with van der Waals surface area (Å²) >= 11 is 5.71. The predicted molar refractivity (Wildman–Crippen MR) is 88.9 cm³/mol. The molecule has 0 saturated heterocycles. The highest BCUT2D eigenvalue weighted by molar-refractivity contribution is 6.42. The van der Waals surface area contributed by atoms with E-state index in [0.29, 0.717) is 4.90 Å². The van der Waals surface area contributed by atoms with E-state index in [1.54, 1.807) is 0 Å². The van der Waals surface area contributed by atoms with Crippen LogP contribution in [0.5, 0.6) is 0 Å². The largest absolute Gasteiger partial charge is 0.416 e. The number of anilines is 1. The van der Waals surface area contributed by atoms with Crippen LogP contribution in [0.4, 0.5) is 23.2 Å². The molecule has 26 heavy (non-hydrogen) atoms. The van der Waals surface area contributed by atoms with Crippen LogP contribution in [0.3, 0.4) is 0 Å². The second-order valence-corrected chi connectivity index (χ2v) is 6.00. The average Bonchev–Trinajstić information content (AvgIpc) is 2.82. The van der Waals surface area contributed by atoms with Crippen LogP contribution in [-0.2, 0) is 15.8 Å². The van der Waals surface area contributed by atoms with E-state index < -0.39 is 29.4 Å². The van der Waals surface area contributed by atoms with Crippen molar-refractivity contribution in [1.29, 1.82) is 0 Å². The zero-order valence-corrected chi connectivity index (χ0v) is 14.0. The van der Waals surface area contributed by atoms with E-state index in [-0.39, 0.29) is 27.4 Å². The molecule has 1 heterocycles. The number of halogens is 5. The highest BCUT2D eigenvalue weighted by atomic mass is 35.5. The van der Waals surface area contributed by atoms with Gasteiger partial charge in [0, 0.05) is 18.1 Å². The first kappa shape index (κ1) is 18.1. The minimum atomic E-state index is -4.63. The fraction of sp³-hybridized carbons (Fsp3) is 0.111. The normalized spacial score (nSPS) is 15.5. The van der Waals surface area contributed by atoms with Gasteiger partial charge in [0.05, 0.1) is 21.8 Å². The number of hydrogen-bond donors (Lipinski definition) is 0. The summed E-state index contributed by atoms with van der Waals surface area (Å²) in [6.07, 6.45) is -3.47. The zero-order valence-electron chi connectivity index (χ0n) is 13.2. The number of carbonyl (C=O) groups excluding carboxylic acids is 2. The summed E-state index contributed by atoms with van der Waals surface area (Å²) < 4.78 is 53.0. The van der Waals surface area contributed by atoms with E-state index >= 15 is 0 Å². The summed E-state index contributed by atoms with van der Waals surface area (Å²) in [5, 5.41) is -0.166. The quantitative estimate of drug-likeness (QED) is 0.517. The van der Waals surface area contributed by atoms with Gasteiger partial charge in [0.15, 0.2) is 0 Å². The minimum Gasteiger partial charge on any atom is -0.274 e. The molecule has 2 amide bonds. The maximum Gasteiger partial charge on any atom is 0.416 e. The monoisotopic (exact) mass is 383 g/mol. The van der Waals surface area contributed by atoms with Gasteiger partial charge in [-0.25, -0.2) is 9.29 Å². The summed E-state index contributed by atoms with van der Waals surface area (Å²) in [4.78, 5) is 25.0. The van der Waals surface area contributed by atoms with E-state index in [9.17, 15) is 27.2 Å². The number of alkyl halides is 3.